The molecule has 0 aliphatic rings. The molecule has 0 spiro atoms. The van der Waals surface area contributed by atoms with Crippen LogP contribution in [0.4, 0.5) is 0 Å². The minimum Gasteiger partial charge on any atom is -0.493 e. The topological polar surface area (TPSA) is 47.9 Å². The van der Waals surface area contributed by atoms with Crippen molar-refractivity contribution in [2.75, 3.05) is 20.7 Å². The summed E-state index contributed by atoms with van der Waals surface area (Å²) < 4.78 is 133. The van der Waals surface area contributed by atoms with Crippen LogP contribution in [0, 0.1) is 6.92 Å². The maximum Gasteiger partial charge on any atom is 0.160 e. The fourth-order valence-electron chi connectivity index (χ4n) is 1.83. The van der Waals surface area contributed by atoms with Gasteiger partial charge in [-0.2, -0.15) is 0 Å². The van der Waals surface area contributed by atoms with E-state index in [1.165, 1.54) is 6.92 Å². The molecule has 2 aromatic rings. The lowest BCUT2D eigenvalue weighted by molar-refractivity contribution is 0.0976. The molecule has 2 aromatic carbocycles. The van der Waals surface area contributed by atoms with Crippen molar-refractivity contribution < 1.29 is 39.9 Å². The van der Waals surface area contributed by atoms with Gasteiger partial charge >= 0.3 is 0 Å². The quantitative estimate of drug-likeness (QED) is 0.692. The minimum atomic E-state index is -3.65. The van der Waals surface area contributed by atoms with Gasteiger partial charge in [-0.3, -0.25) is 0 Å². The van der Waals surface area contributed by atoms with E-state index in [1.807, 2.05) is 0 Å². The molecule has 0 bridgehead atoms. The summed E-state index contributed by atoms with van der Waals surface area (Å²) in [5.74, 6) is -1.93. The highest BCUT2D eigenvalue weighted by Gasteiger charge is 2.07. The molecule has 25 heavy (non-hydrogen) atoms. The van der Waals surface area contributed by atoms with Gasteiger partial charge in [0, 0.05) is 2.74 Å². The first-order valence-electron chi connectivity index (χ1n) is 14.9. The van der Waals surface area contributed by atoms with E-state index < -0.39 is 92.0 Å². The molecule has 4 nitrogen and oxygen atoms in total. The molecule has 0 aromatic heterocycles. The Morgan fingerprint density at radius 1 is 1.20 bits per heavy atom. The number of hydrogen-bond acceptors (Lipinski definition) is 4. The Labute approximate surface area is 171 Å². The number of benzene rings is 2. The number of rotatable bonds is 10. The molecular weight excluding hydrogens is 316 g/mol. The first-order chi connectivity index (χ1) is 18.0. The van der Waals surface area contributed by atoms with Crippen LogP contribution >= 0.6 is 0 Å². The second-order valence-corrected chi connectivity index (χ2v) is 4.86. The SMILES string of the molecule is [2H]c1c([2H])c(C)c([2H])c(OC([2H])([2H])C([2H])(O)C([2H])([2H])CCCc2c([2H])c([2H])c(OC)c(OC([2H])([2H])[2H])c2[2H])c1[2H]. The summed E-state index contributed by atoms with van der Waals surface area (Å²) >= 11 is 0. The van der Waals surface area contributed by atoms with Gasteiger partial charge < -0.3 is 19.3 Å². The van der Waals surface area contributed by atoms with Crippen molar-refractivity contribution in [3.05, 3.63) is 53.4 Å². The summed E-state index contributed by atoms with van der Waals surface area (Å²) in [6.07, 6.45) is -8.13. The summed E-state index contributed by atoms with van der Waals surface area (Å²) in [5.41, 5.74) is -0.337. The van der Waals surface area contributed by atoms with Gasteiger partial charge in [0.05, 0.1) is 38.0 Å². The van der Waals surface area contributed by atoms with Crippen molar-refractivity contribution in [1.29, 1.82) is 0 Å². The lowest BCUT2D eigenvalue weighted by Crippen LogP contribution is -2.17. The van der Waals surface area contributed by atoms with Crippen molar-refractivity contribution in [3.8, 4) is 17.2 Å². The van der Waals surface area contributed by atoms with Gasteiger partial charge in [0.1, 0.15) is 12.3 Å². The van der Waals surface area contributed by atoms with Crippen LogP contribution < -0.4 is 14.2 Å². The Hall–Kier alpha value is -2.20. The first-order valence-corrected chi connectivity index (χ1v) is 7.36. The third-order valence-electron chi connectivity index (χ3n) is 2.98. The fraction of sp³-hybridized carbons (Fsp3) is 0.429. The highest BCUT2D eigenvalue weighted by atomic mass is 16.5. The van der Waals surface area contributed by atoms with Crippen LogP contribution in [0.5, 0.6) is 17.2 Å². The Morgan fingerprint density at radius 3 is 2.88 bits per heavy atom. The first kappa shape index (κ1) is 7.20. The van der Waals surface area contributed by atoms with Crippen LogP contribution in [0.15, 0.2) is 42.3 Å². The van der Waals surface area contributed by atoms with Crippen molar-refractivity contribution in [2.45, 2.75) is 38.6 Å². The van der Waals surface area contributed by atoms with E-state index in [1.54, 1.807) is 0 Å². The molecule has 1 unspecified atom stereocenters. The predicted octanol–water partition coefficient (Wildman–Crippen LogP) is 4.16. The molecular formula is C21H28O4. The van der Waals surface area contributed by atoms with Crippen LogP contribution in [-0.4, -0.2) is 31.9 Å². The Bertz CT molecular complexity index is 1250. The van der Waals surface area contributed by atoms with Gasteiger partial charge in [0.25, 0.3) is 0 Å². The smallest absolute Gasteiger partial charge is 0.160 e. The van der Waals surface area contributed by atoms with Gasteiger partial charge in [-0.25, -0.2) is 0 Å². The van der Waals surface area contributed by atoms with Crippen LogP contribution in [0.2, 0.25) is 0 Å². The molecule has 0 saturated heterocycles. The molecule has 0 saturated carbocycles. The zero-order valence-corrected chi connectivity index (χ0v) is 13.8. The highest BCUT2D eigenvalue weighted by Crippen LogP contribution is 2.28. The van der Waals surface area contributed by atoms with E-state index in [0.29, 0.717) is 0 Å². The summed E-state index contributed by atoms with van der Waals surface area (Å²) in [6.45, 7) is -2.31. The molecule has 136 valence electrons. The molecule has 0 heterocycles. The van der Waals surface area contributed by atoms with Gasteiger partial charge in [-0.1, -0.05) is 24.5 Å². The van der Waals surface area contributed by atoms with Crippen LogP contribution in [-0.2, 0) is 6.42 Å². The zero-order valence-electron chi connectivity index (χ0n) is 28.8. The Kier molecular flexibility index (Phi) is 2.86. The van der Waals surface area contributed by atoms with E-state index in [4.69, 9.17) is 34.8 Å². The van der Waals surface area contributed by atoms with Crippen molar-refractivity contribution in [1.82, 2.24) is 0 Å². The summed E-state index contributed by atoms with van der Waals surface area (Å²) in [6, 6.07) is -4.36. The number of methoxy groups -OCH3 is 2. The number of aliphatic hydroxyl groups is 1. The maximum absolute atomic E-state index is 10.7. The Morgan fingerprint density at radius 2 is 2.08 bits per heavy atom. The molecule has 4 heteroatoms. The maximum atomic E-state index is 10.7. The number of ether oxygens (including phenoxy) is 3. The molecule has 0 amide bonds. The lowest BCUT2D eigenvalue weighted by atomic mass is 10.0. The largest absolute Gasteiger partial charge is 0.493 e. The van der Waals surface area contributed by atoms with Crippen molar-refractivity contribution in [3.63, 3.8) is 0 Å². The van der Waals surface area contributed by atoms with E-state index in [2.05, 4.69) is 0 Å². The standard InChI is InChI=1S/C21H28O4/c1-16-7-6-10-19(13-16)25-15-18(22)9-5-4-8-17-11-12-20(23-2)21(14-17)24-3/h6-7,10-14,18,22H,4-5,8-9,15H2,1-3H3/i3D3,6D,7D,9D2,10D,11D,12D,13D,14D,15D2,18D. The zero-order chi connectivity index (χ0) is 31.2. The molecule has 0 radical (unpaired) electrons. The predicted molar refractivity (Wildman–Crippen MR) is 99.8 cm³/mol. The van der Waals surface area contributed by atoms with Crippen molar-refractivity contribution >= 4 is 0 Å². The van der Waals surface area contributed by atoms with E-state index >= 15 is 0 Å². The molecule has 0 fully saturated rings. The fourth-order valence-corrected chi connectivity index (χ4v) is 1.83. The average molecular weight is 360 g/mol. The minimum absolute atomic E-state index is 0.129. The second kappa shape index (κ2) is 9.94. The van der Waals surface area contributed by atoms with E-state index in [-0.39, 0.29) is 24.0 Å². The number of hydrogen-bond donors (Lipinski definition) is 1. The van der Waals surface area contributed by atoms with Crippen LogP contribution in [0.1, 0.15) is 50.9 Å². The van der Waals surface area contributed by atoms with E-state index in [9.17, 15) is 5.11 Å². The molecule has 1 N–H and O–H groups in total. The van der Waals surface area contributed by atoms with Gasteiger partial charge in [-0.15, -0.1) is 0 Å². The van der Waals surface area contributed by atoms with E-state index in [0.717, 1.165) is 7.11 Å². The monoisotopic (exact) mass is 359 g/mol. The summed E-state index contributed by atoms with van der Waals surface area (Å²) in [5, 5.41) is 10.7. The Balaban J connectivity index is 2.36. The molecule has 0 aliphatic heterocycles. The normalized spacial score (nSPS) is 23.4. The summed E-state index contributed by atoms with van der Waals surface area (Å²) in [7, 11) is -1.92. The lowest BCUT2D eigenvalue weighted by Gasteiger charge is -2.13. The van der Waals surface area contributed by atoms with Crippen LogP contribution in [0.25, 0.3) is 0 Å². The molecule has 1 atom stereocenters. The average Bonchev–Trinajstić information content (AvgIpc) is 2.84. The third-order valence-corrected chi connectivity index (χ3v) is 2.98. The molecule has 2 rings (SSSR count). The second-order valence-electron chi connectivity index (χ2n) is 4.86. The van der Waals surface area contributed by atoms with Gasteiger partial charge in [0.2, 0.25) is 0 Å². The van der Waals surface area contributed by atoms with Crippen LogP contribution in [0.3, 0.4) is 0 Å². The van der Waals surface area contributed by atoms with Crippen molar-refractivity contribution in [2.24, 2.45) is 0 Å². The third kappa shape index (κ3) is 6.31. The van der Waals surface area contributed by atoms with Gasteiger partial charge in [-0.05, 0) is 61.4 Å². The van der Waals surface area contributed by atoms with Gasteiger partial charge in [0.15, 0.2) is 11.5 Å². The molecule has 0 aliphatic carbocycles. The highest BCUT2D eigenvalue weighted by molar-refractivity contribution is 5.42. The summed E-state index contributed by atoms with van der Waals surface area (Å²) in [4.78, 5) is 0.